The van der Waals surface area contributed by atoms with E-state index in [9.17, 15) is 5.11 Å². The van der Waals surface area contributed by atoms with Crippen LogP contribution in [-0.2, 0) is 6.54 Å². The van der Waals surface area contributed by atoms with Gasteiger partial charge in [0, 0.05) is 6.54 Å². The van der Waals surface area contributed by atoms with Crippen LogP contribution >= 0.6 is 0 Å². The van der Waals surface area contributed by atoms with Gasteiger partial charge in [-0.3, -0.25) is 0 Å². The molecule has 1 aromatic heterocycles. The molecule has 0 amide bonds. The van der Waals surface area contributed by atoms with Gasteiger partial charge < -0.3 is 15.2 Å². The number of aliphatic hydroxyl groups excluding tert-OH is 1. The van der Waals surface area contributed by atoms with Crippen LogP contribution in [0.15, 0.2) is 55.1 Å². The molecule has 1 atom stereocenters. The van der Waals surface area contributed by atoms with E-state index in [2.05, 4.69) is 27.5 Å². The number of aromatic nitrogens is 3. The first-order chi connectivity index (χ1) is 12.2. The zero-order valence-corrected chi connectivity index (χ0v) is 14.4. The van der Waals surface area contributed by atoms with E-state index in [0.29, 0.717) is 6.54 Å². The smallest absolute Gasteiger partial charge is 0.138 e. The van der Waals surface area contributed by atoms with Crippen molar-refractivity contribution >= 4 is 0 Å². The molecule has 0 fully saturated rings. The molecule has 0 bridgehead atoms. The van der Waals surface area contributed by atoms with Crippen molar-refractivity contribution in [1.82, 2.24) is 20.1 Å². The van der Waals surface area contributed by atoms with Crippen molar-refractivity contribution in [2.45, 2.75) is 19.5 Å². The number of nitrogens with zero attached hydrogens (tertiary/aromatic N) is 3. The Morgan fingerprint density at radius 1 is 1.24 bits per heavy atom. The number of aryl methyl sites for hydroxylation is 1. The Labute approximate surface area is 147 Å². The highest BCUT2D eigenvalue weighted by Crippen LogP contribution is 2.20. The molecule has 1 heterocycles. The molecule has 0 saturated heterocycles. The molecule has 1 unspecified atom stereocenters. The molecular weight excluding hydrogens is 316 g/mol. The molecule has 3 rings (SSSR count). The second-order valence-electron chi connectivity index (χ2n) is 5.85. The lowest BCUT2D eigenvalue weighted by Crippen LogP contribution is -2.24. The van der Waals surface area contributed by atoms with Crippen molar-refractivity contribution < 1.29 is 9.84 Å². The largest absolute Gasteiger partial charge is 0.497 e. The lowest BCUT2D eigenvalue weighted by atomic mass is 10.1. The fourth-order valence-corrected chi connectivity index (χ4v) is 2.80. The lowest BCUT2D eigenvalue weighted by Gasteiger charge is -2.18. The Balaban J connectivity index is 1.70. The molecule has 2 N–H and O–H groups in total. The number of benzene rings is 2. The quantitative estimate of drug-likeness (QED) is 0.692. The van der Waals surface area contributed by atoms with Gasteiger partial charge in [0.25, 0.3) is 0 Å². The van der Waals surface area contributed by atoms with Gasteiger partial charge in [-0.25, -0.2) is 9.67 Å². The van der Waals surface area contributed by atoms with Crippen LogP contribution in [-0.4, -0.2) is 33.6 Å². The maximum Gasteiger partial charge on any atom is 0.138 e. The molecule has 3 aromatic rings. The minimum absolute atomic E-state index is 0.0171. The summed E-state index contributed by atoms with van der Waals surface area (Å²) in [5, 5.41) is 17.3. The lowest BCUT2D eigenvalue weighted by molar-refractivity contribution is 0.243. The number of hydrogen-bond donors (Lipinski definition) is 2. The van der Waals surface area contributed by atoms with Crippen LogP contribution in [0.3, 0.4) is 0 Å². The van der Waals surface area contributed by atoms with Crippen molar-refractivity contribution in [3.05, 3.63) is 71.8 Å². The van der Waals surface area contributed by atoms with E-state index < -0.39 is 0 Å². The predicted octanol–water partition coefficient (Wildman–Crippen LogP) is 2.41. The Morgan fingerprint density at radius 2 is 2.12 bits per heavy atom. The Kier molecular flexibility index (Phi) is 5.42. The van der Waals surface area contributed by atoms with E-state index in [1.54, 1.807) is 18.1 Å². The summed E-state index contributed by atoms with van der Waals surface area (Å²) in [6.07, 6.45) is 3.21. The number of ether oxygens (including phenoxy) is 1. The number of nitrogens with one attached hydrogen (secondary N) is 1. The molecule has 130 valence electrons. The van der Waals surface area contributed by atoms with Gasteiger partial charge in [0.05, 0.1) is 25.4 Å². The third-order valence-corrected chi connectivity index (χ3v) is 4.16. The van der Waals surface area contributed by atoms with Gasteiger partial charge in [-0.05, 0) is 41.8 Å². The molecule has 6 nitrogen and oxygen atoms in total. The second-order valence-corrected chi connectivity index (χ2v) is 5.85. The number of rotatable bonds is 7. The highest BCUT2D eigenvalue weighted by molar-refractivity contribution is 5.41. The molecule has 25 heavy (non-hydrogen) atoms. The highest BCUT2D eigenvalue weighted by Gasteiger charge is 2.11. The van der Waals surface area contributed by atoms with E-state index in [-0.39, 0.29) is 12.6 Å². The molecule has 0 aliphatic carbocycles. The molecule has 0 spiro atoms. The summed E-state index contributed by atoms with van der Waals surface area (Å²) < 4.78 is 7.00. The normalized spacial score (nSPS) is 12.1. The van der Waals surface area contributed by atoms with Crippen LogP contribution in [0.25, 0.3) is 5.69 Å². The Morgan fingerprint density at radius 3 is 2.80 bits per heavy atom. The summed E-state index contributed by atoms with van der Waals surface area (Å²) in [6.45, 7) is 2.72. The van der Waals surface area contributed by atoms with Gasteiger partial charge >= 0.3 is 0 Å². The van der Waals surface area contributed by atoms with Crippen LogP contribution in [0.5, 0.6) is 5.75 Å². The zero-order chi connectivity index (χ0) is 17.6. The van der Waals surface area contributed by atoms with Crippen molar-refractivity contribution in [3.63, 3.8) is 0 Å². The van der Waals surface area contributed by atoms with E-state index in [1.807, 2.05) is 37.3 Å². The summed E-state index contributed by atoms with van der Waals surface area (Å²) in [4.78, 5) is 3.98. The summed E-state index contributed by atoms with van der Waals surface area (Å²) in [5.74, 6) is 0.783. The topological polar surface area (TPSA) is 72.2 Å². The standard InChI is InChI=1S/C19H22N4O2/c1-14-8-15(6-7-19(14)23-13-20-12-22-23)10-21-18(11-24)16-4-3-5-17(9-16)25-2/h3-9,12-13,18,21,24H,10-11H2,1-2H3. The number of hydrogen-bond acceptors (Lipinski definition) is 5. The van der Waals surface area contributed by atoms with Gasteiger partial charge in [0.15, 0.2) is 0 Å². The number of aliphatic hydroxyl groups is 1. The van der Waals surface area contributed by atoms with Gasteiger partial charge in [0.2, 0.25) is 0 Å². The first kappa shape index (κ1) is 17.1. The summed E-state index contributed by atoms with van der Waals surface area (Å²) >= 11 is 0. The van der Waals surface area contributed by atoms with Crippen LogP contribution < -0.4 is 10.1 Å². The highest BCUT2D eigenvalue weighted by atomic mass is 16.5. The Bertz CT molecular complexity index is 818. The fraction of sp³-hybridized carbons (Fsp3) is 0.263. The molecular formula is C19H22N4O2. The van der Waals surface area contributed by atoms with Crippen LogP contribution in [0, 0.1) is 6.92 Å². The maximum absolute atomic E-state index is 9.72. The zero-order valence-electron chi connectivity index (χ0n) is 14.4. The van der Waals surface area contributed by atoms with E-state index in [0.717, 1.165) is 28.1 Å². The monoisotopic (exact) mass is 338 g/mol. The van der Waals surface area contributed by atoms with Crippen LogP contribution in [0.4, 0.5) is 0 Å². The van der Waals surface area contributed by atoms with Gasteiger partial charge in [0.1, 0.15) is 18.4 Å². The summed E-state index contributed by atoms with van der Waals surface area (Å²) in [5.41, 5.74) is 4.26. The first-order valence-corrected chi connectivity index (χ1v) is 8.14. The minimum Gasteiger partial charge on any atom is -0.497 e. The van der Waals surface area contributed by atoms with E-state index in [4.69, 9.17) is 4.74 Å². The van der Waals surface area contributed by atoms with Gasteiger partial charge in [-0.2, -0.15) is 5.10 Å². The van der Waals surface area contributed by atoms with Crippen LogP contribution in [0.1, 0.15) is 22.7 Å². The molecule has 0 aliphatic heterocycles. The third-order valence-electron chi connectivity index (χ3n) is 4.16. The summed E-state index contributed by atoms with van der Waals surface area (Å²) in [6, 6.07) is 13.8. The SMILES string of the molecule is COc1cccc(C(CO)NCc2ccc(-n3cncn3)c(C)c2)c1. The fourth-order valence-electron chi connectivity index (χ4n) is 2.80. The predicted molar refractivity (Wildman–Crippen MR) is 95.8 cm³/mol. The molecule has 0 aliphatic rings. The van der Waals surface area contributed by atoms with Gasteiger partial charge in [-0.1, -0.05) is 24.3 Å². The second kappa shape index (κ2) is 7.92. The average Bonchev–Trinajstić information content (AvgIpc) is 3.17. The maximum atomic E-state index is 9.72. The molecule has 2 aromatic carbocycles. The Hall–Kier alpha value is -2.70. The van der Waals surface area contributed by atoms with E-state index in [1.165, 1.54) is 6.33 Å². The summed E-state index contributed by atoms with van der Waals surface area (Å²) in [7, 11) is 1.64. The first-order valence-electron chi connectivity index (χ1n) is 8.14. The van der Waals surface area contributed by atoms with Crippen molar-refractivity contribution in [3.8, 4) is 11.4 Å². The van der Waals surface area contributed by atoms with Crippen molar-refractivity contribution in [2.24, 2.45) is 0 Å². The minimum atomic E-state index is -0.148. The number of methoxy groups -OCH3 is 1. The molecule has 0 radical (unpaired) electrons. The molecule has 6 heteroatoms. The van der Waals surface area contributed by atoms with Gasteiger partial charge in [-0.15, -0.1) is 0 Å². The van der Waals surface area contributed by atoms with E-state index >= 15 is 0 Å². The third kappa shape index (κ3) is 4.04. The average molecular weight is 338 g/mol. The van der Waals surface area contributed by atoms with Crippen molar-refractivity contribution in [2.75, 3.05) is 13.7 Å². The van der Waals surface area contributed by atoms with Crippen LogP contribution in [0.2, 0.25) is 0 Å². The molecule has 0 saturated carbocycles. The van der Waals surface area contributed by atoms with Crippen molar-refractivity contribution in [1.29, 1.82) is 0 Å².